The molecule has 0 unspecified atom stereocenters. The summed E-state index contributed by atoms with van der Waals surface area (Å²) in [5.41, 5.74) is 0.229. The second kappa shape index (κ2) is 5.75. The fraction of sp³-hybridized carbons (Fsp3) is 0.615. The lowest BCUT2D eigenvalue weighted by Gasteiger charge is -2.18. The topological polar surface area (TPSA) is 47.8 Å². The van der Waals surface area contributed by atoms with Crippen LogP contribution in [-0.4, -0.2) is 20.5 Å². The van der Waals surface area contributed by atoms with Crippen LogP contribution in [0.1, 0.15) is 47.0 Å². The van der Waals surface area contributed by atoms with E-state index in [0.717, 1.165) is 19.3 Å². The Balaban J connectivity index is 2.96. The number of unbranched alkanes of at least 4 members (excludes halogenated alkanes) is 2. The van der Waals surface area contributed by atoms with Crippen LogP contribution in [0.2, 0.25) is 0 Å². The van der Waals surface area contributed by atoms with Crippen molar-refractivity contribution < 1.29 is 4.79 Å². The number of carbonyl (C=O) groups is 1. The van der Waals surface area contributed by atoms with E-state index in [9.17, 15) is 4.79 Å². The van der Waals surface area contributed by atoms with Crippen molar-refractivity contribution in [2.45, 2.75) is 47.0 Å². The van der Waals surface area contributed by atoms with Gasteiger partial charge in [-0.3, -0.25) is 4.79 Å². The average molecular weight is 235 g/mol. The summed E-state index contributed by atoms with van der Waals surface area (Å²) in [7, 11) is 0. The van der Waals surface area contributed by atoms with Crippen molar-refractivity contribution in [2.24, 2.45) is 5.41 Å². The third-order valence-corrected chi connectivity index (χ3v) is 2.47. The second-order valence-electron chi connectivity index (χ2n) is 5.15. The molecule has 4 heteroatoms. The lowest BCUT2D eigenvalue weighted by molar-refractivity contribution is -0.120. The van der Waals surface area contributed by atoms with Crippen molar-refractivity contribution in [3.8, 4) is 0 Å². The van der Waals surface area contributed by atoms with Crippen LogP contribution in [0.3, 0.4) is 0 Å². The Kier molecular flexibility index (Phi) is 4.61. The van der Waals surface area contributed by atoms with Gasteiger partial charge in [0.2, 0.25) is 0 Å². The molecular formula is C13H21N3O. The van der Waals surface area contributed by atoms with Gasteiger partial charge in [-0.1, -0.05) is 40.2 Å². The van der Waals surface area contributed by atoms with Crippen molar-refractivity contribution in [1.29, 1.82) is 0 Å². The maximum absolute atomic E-state index is 12.3. The van der Waals surface area contributed by atoms with Crippen molar-refractivity contribution in [3.05, 3.63) is 18.7 Å². The van der Waals surface area contributed by atoms with Gasteiger partial charge in [0.15, 0.2) is 5.78 Å². The third kappa shape index (κ3) is 3.80. The van der Waals surface area contributed by atoms with E-state index >= 15 is 0 Å². The molecule has 1 aromatic rings. The van der Waals surface area contributed by atoms with Gasteiger partial charge < -0.3 is 0 Å². The van der Waals surface area contributed by atoms with Gasteiger partial charge in [-0.15, -0.1) is 0 Å². The van der Waals surface area contributed by atoms with Gasteiger partial charge >= 0.3 is 0 Å². The van der Waals surface area contributed by atoms with E-state index in [1.54, 1.807) is 11.0 Å². The molecule has 0 atom stereocenters. The molecule has 0 aliphatic heterocycles. The molecule has 0 aromatic carbocycles. The maximum Gasteiger partial charge on any atom is 0.186 e. The van der Waals surface area contributed by atoms with Gasteiger partial charge in [-0.2, -0.15) is 5.10 Å². The molecule has 0 bridgehead atoms. The number of hydrogen-bond donors (Lipinski definition) is 0. The van der Waals surface area contributed by atoms with Crippen molar-refractivity contribution in [3.63, 3.8) is 0 Å². The van der Waals surface area contributed by atoms with Crippen molar-refractivity contribution in [1.82, 2.24) is 14.8 Å². The molecule has 1 heterocycles. The number of Topliss-reactive ketones (excluding diaryl/α,β-unsaturated/α-hetero) is 1. The molecule has 0 radical (unpaired) electrons. The van der Waals surface area contributed by atoms with Gasteiger partial charge in [0.1, 0.15) is 18.4 Å². The minimum Gasteiger partial charge on any atom is -0.292 e. The Hall–Kier alpha value is -1.45. The Morgan fingerprint density at radius 2 is 2.12 bits per heavy atom. The first-order chi connectivity index (χ1) is 7.96. The highest BCUT2D eigenvalue weighted by atomic mass is 16.1. The molecule has 0 aliphatic carbocycles. The summed E-state index contributed by atoms with van der Waals surface area (Å²) in [5.74, 6) is 0.0964. The highest BCUT2D eigenvalue weighted by molar-refractivity contribution is 6.17. The fourth-order valence-electron chi connectivity index (χ4n) is 1.45. The molecule has 1 rings (SSSR count). The number of hydrogen-bond acceptors (Lipinski definition) is 3. The van der Waals surface area contributed by atoms with Crippen LogP contribution >= 0.6 is 0 Å². The maximum atomic E-state index is 12.3. The summed E-state index contributed by atoms with van der Waals surface area (Å²) in [4.78, 5) is 16.2. The van der Waals surface area contributed by atoms with Crippen molar-refractivity contribution in [2.75, 3.05) is 0 Å². The number of rotatable bonds is 5. The largest absolute Gasteiger partial charge is 0.292 e. The molecule has 1 aromatic heterocycles. The van der Waals surface area contributed by atoms with E-state index in [4.69, 9.17) is 0 Å². The summed E-state index contributed by atoms with van der Waals surface area (Å²) in [6.07, 6.45) is 8.07. The lowest BCUT2D eigenvalue weighted by Crippen LogP contribution is -2.24. The van der Waals surface area contributed by atoms with Gasteiger partial charge in [-0.25, -0.2) is 9.67 Å². The van der Waals surface area contributed by atoms with E-state index in [2.05, 4.69) is 17.0 Å². The van der Waals surface area contributed by atoms with Crippen LogP contribution in [-0.2, 0) is 4.79 Å². The number of carbonyl (C=O) groups excluding carboxylic acids is 1. The van der Waals surface area contributed by atoms with E-state index in [0.29, 0.717) is 5.70 Å². The minimum absolute atomic E-state index is 0.0964. The van der Waals surface area contributed by atoms with E-state index in [1.165, 1.54) is 6.33 Å². The molecule has 0 saturated heterocycles. The first-order valence-corrected chi connectivity index (χ1v) is 6.06. The quantitative estimate of drug-likeness (QED) is 0.582. The molecule has 0 aliphatic rings. The van der Waals surface area contributed by atoms with Crippen LogP contribution in [0.15, 0.2) is 18.7 Å². The molecule has 0 saturated carbocycles. The van der Waals surface area contributed by atoms with Crippen LogP contribution in [0.5, 0.6) is 0 Å². The summed E-state index contributed by atoms with van der Waals surface area (Å²) in [5, 5.41) is 4.05. The standard InChI is InChI=1S/C13H21N3O/c1-5-6-7-8-11(12(17)13(2,3)4)16-10-14-9-15-16/h8-10H,5-7H2,1-4H3/b11-8-. The molecule has 94 valence electrons. The fourth-order valence-corrected chi connectivity index (χ4v) is 1.45. The van der Waals surface area contributed by atoms with Crippen LogP contribution in [0.25, 0.3) is 5.70 Å². The van der Waals surface area contributed by atoms with Gasteiger partial charge in [0.05, 0.1) is 0 Å². The predicted molar refractivity (Wildman–Crippen MR) is 68.3 cm³/mol. The molecule has 0 fully saturated rings. The van der Waals surface area contributed by atoms with Gasteiger partial charge in [0, 0.05) is 5.41 Å². The van der Waals surface area contributed by atoms with Crippen LogP contribution in [0.4, 0.5) is 0 Å². The molecule has 0 amide bonds. The molecule has 17 heavy (non-hydrogen) atoms. The number of allylic oxidation sites excluding steroid dienone is 2. The molecule has 0 spiro atoms. The zero-order valence-corrected chi connectivity index (χ0v) is 11.1. The van der Waals surface area contributed by atoms with Crippen LogP contribution < -0.4 is 0 Å². The van der Waals surface area contributed by atoms with Gasteiger partial charge in [0.25, 0.3) is 0 Å². The second-order valence-corrected chi connectivity index (χ2v) is 5.15. The Bertz CT molecular complexity index is 385. The van der Waals surface area contributed by atoms with E-state index < -0.39 is 5.41 Å². The van der Waals surface area contributed by atoms with E-state index in [-0.39, 0.29) is 5.78 Å². The smallest absolute Gasteiger partial charge is 0.186 e. The zero-order valence-electron chi connectivity index (χ0n) is 11.1. The van der Waals surface area contributed by atoms with Crippen molar-refractivity contribution >= 4 is 11.5 Å². The number of aromatic nitrogens is 3. The zero-order chi connectivity index (χ0) is 12.9. The van der Waals surface area contributed by atoms with Crippen LogP contribution in [0, 0.1) is 5.41 Å². The third-order valence-electron chi connectivity index (χ3n) is 2.47. The summed E-state index contributed by atoms with van der Waals surface area (Å²) >= 11 is 0. The lowest BCUT2D eigenvalue weighted by atomic mass is 9.88. The Morgan fingerprint density at radius 3 is 2.59 bits per heavy atom. The predicted octanol–water partition coefficient (Wildman–Crippen LogP) is 2.92. The summed E-state index contributed by atoms with van der Waals surface area (Å²) < 4.78 is 1.56. The summed E-state index contributed by atoms with van der Waals surface area (Å²) in [6, 6.07) is 0. The first kappa shape index (κ1) is 13.6. The number of nitrogens with zero attached hydrogens (tertiary/aromatic N) is 3. The normalized spacial score (nSPS) is 12.8. The Labute approximate surface area is 103 Å². The van der Waals surface area contributed by atoms with Gasteiger partial charge in [-0.05, 0) is 12.8 Å². The first-order valence-electron chi connectivity index (χ1n) is 6.06. The monoisotopic (exact) mass is 235 g/mol. The SMILES string of the molecule is CCCC/C=C(/C(=O)C(C)(C)C)n1cncn1. The highest BCUT2D eigenvalue weighted by Gasteiger charge is 2.26. The molecule has 0 N–H and O–H groups in total. The molecule has 4 nitrogen and oxygen atoms in total. The van der Waals surface area contributed by atoms with E-state index in [1.807, 2.05) is 26.8 Å². The minimum atomic E-state index is -0.399. The Morgan fingerprint density at radius 1 is 1.41 bits per heavy atom. The summed E-state index contributed by atoms with van der Waals surface area (Å²) in [6.45, 7) is 7.88. The number of ketones is 1. The average Bonchev–Trinajstić information content (AvgIpc) is 2.75. The highest BCUT2D eigenvalue weighted by Crippen LogP contribution is 2.22. The molecular weight excluding hydrogens is 214 g/mol.